The number of carbonyl (C=O) groups is 5. The van der Waals surface area contributed by atoms with Gasteiger partial charge in [-0.05, 0) is 25.0 Å². The molecule has 5 atom stereocenters. The number of aliphatic carboxylic acids is 1. The molecule has 0 radical (unpaired) electrons. The van der Waals surface area contributed by atoms with Crippen molar-refractivity contribution in [3.05, 3.63) is 36.0 Å². The molecule has 5 unspecified atom stereocenters. The van der Waals surface area contributed by atoms with Gasteiger partial charge in [0.2, 0.25) is 23.6 Å². The number of aromatic amines is 1. The summed E-state index contributed by atoms with van der Waals surface area (Å²) in [5, 5.41) is 35.4. The molecule has 0 saturated heterocycles. The van der Waals surface area contributed by atoms with Gasteiger partial charge < -0.3 is 47.7 Å². The van der Waals surface area contributed by atoms with Gasteiger partial charge in [0.1, 0.15) is 12.1 Å². The molecule has 1 aromatic carbocycles. The van der Waals surface area contributed by atoms with E-state index in [9.17, 15) is 34.2 Å². The largest absolute Gasteiger partial charge is 0.480 e. The zero-order chi connectivity index (χ0) is 27.0. The molecule has 0 fully saturated rings. The Morgan fingerprint density at radius 3 is 2.19 bits per heavy atom. The normalized spacial score (nSPS) is 15.2. The molecule has 2 rings (SSSR count). The van der Waals surface area contributed by atoms with Crippen LogP contribution in [-0.4, -0.2) is 86.8 Å². The maximum atomic E-state index is 12.7. The van der Waals surface area contributed by atoms with E-state index < -0.39 is 72.9 Å². The number of benzene rings is 1. The van der Waals surface area contributed by atoms with E-state index in [0.717, 1.165) is 23.4 Å². The fraction of sp³-hybridized carbons (Fsp3) is 0.409. The second kappa shape index (κ2) is 12.6. The summed E-state index contributed by atoms with van der Waals surface area (Å²) < 4.78 is 0. The van der Waals surface area contributed by atoms with Crippen molar-refractivity contribution in [2.45, 2.75) is 50.0 Å². The maximum absolute atomic E-state index is 12.7. The molecule has 11 N–H and O–H groups in total. The van der Waals surface area contributed by atoms with Gasteiger partial charge in [-0.3, -0.25) is 19.2 Å². The monoisotopic (exact) mass is 506 g/mol. The molecule has 0 aliphatic carbocycles. The third-order valence-electron chi connectivity index (χ3n) is 5.35. The van der Waals surface area contributed by atoms with Crippen LogP contribution in [0.3, 0.4) is 0 Å². The first-order valence-corrected chi connectivity index (χ1v) is 11.0. The Labute approximate surface area is 205 Å². The van der Waals surface area contributed by atoms with Gasteiger partial charge in [0.25, 0.3) is 0 Å². The van der Waals surface area contributed by atoms with Gasteiger partial charge in [-0.2, -0.15) is 0 Å². The standard InChI is InChI=1S/C22H30N6O8/c1-10(30)18(22(35)36)28-21(34)16(9-29)27-20(33)15(7-17(24)31)26-19(32)13(23)6-11-8-25-14-5-3-2-4-12(11)14/h2-5,8,10,13,15-16,18,25,29-30H,6-7,9,23H2,1H3,(H2,24,31)(H,26,32)(H,27,33)(H,28,34)(H,35,36). The van der Waals surface area contributed by atoms with Crippen LogP contribution >= 0.6 is 0 Å². The number of rotatable bonds is 13. The molecule has 1 heterocycles. The second-order valence-corrected chi connectivity index (χ2v) is 8.21. The molecule has 14 heteroatoms. The fourth-order valence-electron chi connectivity index (χ4n) is 3.43. The third-order valence-corrected chi connectivity index (χ3v) is 5.35. The lowest BCUT2D eigenvalue weighted by atomic mass is 10.0. The fourth-order valence-corrected chi connectivity index (χ4v) is 3.43. The summed E-state index contributed by atoms with van der Waals surface area (Å²) in [7, 11) is 0. The van der Waals surface area contributed by atoms with Crippen LogP contribution in [0.5, 0.6) is 0 Å². The van der Waals surface area contributed by atoms with E-state index >= 15 is 0 Å². The number of aliphatic hydroxyl groups is 2. The van der Waals surface area contributed by atoms with Crippen LogP contribution in [0.25, 0.3) is 10.9 Å². The number of nitrogens with one attached hydrogen (secondary N) is 4. The molecule has 0 aliphatic heterocycles. The van der Waals surface area contributed by atoms with Crippen LogP contribution in [0.2, 0.25) is 0 Å². The Bertz CT molecular complexity index is 1120. The summed E-state index contributed by atoms with van der Waals surface area (Å²) in [6.07, 6.45) is -0.295. The molecule has 0 aliphatic rings. The van der Waals surface area contributed by atoms with Crippen molar-refractivity contribution in [2.24, 2.45) is 11.5 Å². The van der Waals surface area contributed by atoms with Gasteiger partial charge in [0.05, 0.1) is 25.2 Å². The number of primary amides is 1. The van der Waals surface area contributed by atoms with E-state index in [1.54, 1.807) is 6.20 Å². The number of hydrogen-bond donors (Lipinski definition) is 9. The molecule has 36 heavy (non-hydrogen) atoms. The van der Waals surface area contributed by atoms with Gasteiger partial charge in [0.15, 0.2) is 6.04 Å². The number of fused-ring (bicyclic) bond motifs is 1. The van der Waals surface area contributed by atoms with Crippen LogP contribution in [0.1, 0.15) is 18.9 Å². The number of carbonyl (C=O) groups excluding carboxylic acids is 4. The Balaban J connectivity index is 2.07. The molecule has 14 nitrogen and oxygen atoms in total. The van der Waals surface area contributed by atoms with E-state index in [1.165, 1.54) is 0 Å². The highest BCUT2D eigenvalue weighted by atomic mass is 16.4. The molecule has 2 aromatic rings. The zero-order valence-corrected chi connectivity index (χ0v) is 19.4. The minimum atomic E-state index is -1.70. The quantitative estimate of drug-likeness (QED) is 0.133. The summed E-state index contributed by atoms with van der Waals surface area (Å²) in [4.78, 5) is 63.4. The molecule has 0 saturated carbocycles. The van der Waals surface area contributed by atoms with Gasteiger partial charge in [0, 0.05) is 17.1 Å². The highest BCUT2D eigenvalue weighted by molar-refractivity contribution is 5.96. The Kier molecular flexibility index (Phi) is 9.90. The summed E-state index contributed by atoms with van der Waals surface area (Å²) in [5.74, 6) is -5.40. The zero-order valence-electron chi connectivity index (χ0n) is 19.4. The van der Waals surface area contributed by atoms with Gasteiger partial charge in [-0.1, -0.05) is 18.2 Å². The minimum Gasteiger partial charge on any atom is -0.480 e. The Hall–Kier alpha value is -4.01. The first-order chi connectivity index (χ1) is 16.9. The smallest absolute Gasteiger partial charge is 0.328 e. The summed E-state index contributed by atoms with van der Waals surface area (Å²) in [5.41, 5.74) is 12.8. The summed E-state index contributed by atoms with van der Waals surface area (Å²) in [6.45, 7) is 0.185. The molecule has 196 valence electrons. The number of H-pyrrole nitrogens is 1. The number of carboxylic acids is 1. The van der Waals surface area contributed by atoms with Crippen molar-refractivity contribution < 1.29 is 39.3 Å². The maximum Gasteiger partial charge on any atom is 0.328 e. The van der Waals surface area contributed by atoms with Crippen molar-refractivity contribution >= 4 is 40.5 Å². The van der Waals surface area contributed by atoms with Crippen molar-refractivity contribution in [3.63, 3.8) is 0 Å². The first kappa shape index (κ1) is 28.2. The van der Waals surface area contributed by atoms with Crippen LogP contribution < -0.4 is 27.4 Å². The number of nitrogens with two attached hydrogens (primary N) is 2. The Morgan fingerprint density at radius 1 is 1.00 bits per heavy atom. The summed E-state index contributed by atoms with van der Waals surface area (Å²) >= 11 is 0. The highest BCUT2D eigenvalue weighted by Crippen LogP contribution is 2.18. The highest BCUT2D eigenvalue weighted by Gasteiger charge is 2.32. The van der Waals surface area contributed by atoms with Crippen molar-refractivity contribution in [1.82, 2.24) is 20.9 Å². The van der Waals surface area contributed by atoms with E-state index in [4.69, 9.17) is 16.6 Å². The van der Waals surface area contributed by atoms with E-state index in [2.05, 4.69) is 15.6 Å². The predicted octanol–water partition coefficient (Wildman–Crippen LogP) is -3.17. The van der Waals surface area contributed by atoms with Crippen molar-refractivity contribution in [3.8, 4) is 0 Å². The average molecular weight is 507 g/mol. The number of aromatic nitrogens is 1. The van der Waals surface area contributed by atoms with Gasteiger partial charge in [-0.15, -0.1) is 0 Å². The molecule has 4 amide bonds. The lowest BCUT2D eigenvalue weighted by Crippen LogP contribution is -2.59. The lowest BCUT2D eigenvalue weighted by molar-refractivity contribution is -0.145. The average Bonchev–Trinajstić information content (AvgIpc) is 3.22. The third kappa shape index (κ3) is 7.49. The van der Waals surface area contributed by atoms with E-state index in [1.807, 2.05) is 29.6 Å². The topological polar surface area (TPSA) is 250 Å². The van der Waals surface area contributed by atoms with E-state index in [0.29, 0.717) is 0 Å². The van der Waals surface area contributed by atoms with Gasteiger partial charge in [-0.25, -0.2) is 4.79 Å². The first-order valence-electron chi connectivity index (χ1n) is 11.0. The Morgan fingerprint density at radius 2 is 1.61 bits per heavy atom. The predicted molar refractivity (Wildman–Crippen MR) is 126 cm³/mol. The molecule has 0 bridgehead atoms. The molecular formula is C22H30N6O8. The number of amides is 4. The van der Waals surface area contributed by atoms with Crippen molar-refractivity contribution in [2.75, 3.05) is 6.61 Å². The minimum absolute atomic E-state index is 0.109. The number of hydrogen-bond acceptors (Lipinski definition) is 8. The van der Waals surface area contributed by atoms with Crippen LogP contribution in [0.4, 0.5) is 0 Å². The SMILES string of the molecule is CC(O)C(NC(=O)C(CO)NC(=O)C(CC(N)=O)NC(=O)C(N)Cc1c[nH]c2ccccc12)C(=O)O. The van der Waals surface area contributed by atoms with Gasteiger partial charge >= 0.3 is 5.97 Å². The molecule has 1 aromatic heterocycles. The molecule has 0 spiro atoms. The van der Waals surface area contributed by atoms with Crippen LogP contribution in [-0.2, 0) is 30.4 Å². The van der Waals surface area contributed by atoms with Crippen LogP contribution in [0.15, 0.2) is 30.5 Å². The lowest BCUT2D eigenvalue weighted by Gasteiger charge is -2.24. The number of carboxylic acid groups (broad SMARTS) is 1. The second-order valence-electron chi connectivity index (χ2n) is 8.21. The number of aliphatic hydroxyl groups excluding tert-OH is 2. The van der Waals surface area contributed by atoms with E-state index in [-0.39, 0.29) is 6.42 Å². The van der Waals surface area contributed by atoms with Crippen molar-refractivity contribution in [1.29, 1.82) is 0 Å². The number of para-hydroxylation sites is 1. The summed E-state index contributed by atoms with van der Waals surface area (Å²) in [6, 6.07) is 1.38. The van der Waals surface area contributed by atoms with Crippen LogP contribution in [0, 0.1) is 0 Å². The molecular weight excluding hydrogens is 476 g/mol.